The number of nitrogens with zero attached hydrogens (tertiary/aromatic N) is 1. The Morgan fingerprint density at radius 1 is 1.20 bits per heavy atom. The van der Waals surface area contributed by atoms with E-state index in [4.69, 9.17) is 0 Å². The summed E-state index contributed by atoms with van der Waals surface area (Å²) in [6.45, 7) is 3.67. The molecule has 0 unspecified atom stereocenters. The maximum Gasteiger partial charge on any atom is 0.251 e. The van der Waals surface area contributed by atoms with Crippen molar-refractivity contribution in [2.24, 2.45) is 5.92 Å². The molecular formula is C23H24N4O2S. The summed E-state index contributed by atoms with van der Waals surface area (Å²) in [7, 11) is 0. The van der Waals surface area contributed by atoms with E-state index in [2.05, 4.69) is 26.3 Å². The molecule has 7 heteroatoms. The smallest absolute Gasteiger partial charge is 0.251 e. The number of carbonyl (C=O) groups is 1. The highest BCUT2D eigenvalue weighted by Crippen LogP contribution is 2.24. The van der Waals surface area contributed by atoms with E-state index < -0.39 is 6.04 Å². The molecule has 0 fully saturated rings. The Bertz CT molecular complexity index is 1210. The van der Waals surface area contributed by atoms with E-state index in [0.29, 0.717) is 24.4 Å². The normalized spacial score (nSPS) is 13.3. The van der Waals surface area contributed by atoms with Crippen LogP contribution < -0.4 is 10.9 Å². The zero-order valence-corrected chi connectivity index (χ0v) is 17.8. The molecule has 0 saturated heterocycles. The molecule has 0 aliphatic heterocycles. The van der Waals surface area contributed by atoms with Gasteiger partial charge in [-0.15, -0.1) is 11.3 Å². The summed E-state index contributed by atoms with van der Waals surface area (Å²) >= 11 is 1.65. The van der Waals surface area contributed by atoms with Crippen molar-refractivity contribution in [1.82, 2.24) is 20.3 Å². The number of aromatic nitrogens is 3. The van der Waals surface area contributed by atoms with Gasteiger partial charge in [-0.25, -0.2) is 4.98 Å². The van der Waals surface area contributed by atoms with Crippen LogP contribution in [-0.4, -0.2) is 20.9 Å². The van der Waals surface area contributed by atoms with Crippen LogP contribution in [-0.2, 0) is 17.6 Å². The molecule has 0 aliphatic carbocycles. The summed E-state index contributed by atoms with van der Waals surface area (Å²) in [5.41, 5.74) is 2.46. The maximum absolute atomic E-state index is 13.0. The van der Waals surface area contributed by atoms with Gasteiger partial charge in [-0.1, -0.05) is 31.2 Å². The molecule has 0 aliphatic rings. The molecule has 30 heavy (non-hydrogen) atoms. The molecule has 4 rings (SSSR count). The summed E-state index contributed by atoms with van der Waals surface area (Å²) in [5.74, 6) is 0.299. The summed E-state index contributed by atoms with van der Waals surface area (Å²) < 4.78 is 0. The molecule has 1 aromatic carbocycles. The number of hydrogen-bond donors (Lipinski definition) is 3. The van der Waals surface area contributed by atoms with E-state index in [9.17, 15) is 9.59 Å². The zero-order valence-electron chi connectivity index (χ0n) is 16.9. The number of amides is 1. The first-order valence-electron chi connectivity index (χ1n) is 9.95. The molecule has 154 valence electrons. The topological polar surface area (TPSA) is 90.6 Å². The molecule has 3 aromatic heterocycles. The van der Waals surface area contributed by atoms with Crippen LogP contribution in [0.5, 0.6) is 0 Å². The number of carbonyl (C=O) groups excluding carboxylic acids is 1. The second-order valence-corrected chi connectivity index (χ2v) is 8.60. The first-order chi connectivity index (χ1) is 14.5. The van der Waals surface area contributed by atoms with Gasteiger partial charge in [0.25, 0.3) is 5.56 Å². The predicted molar refractivity (Wildman–Crippen MR) is 120 cm³/mol. The van der Waals surface area contributed by atoms with Gasteiger partial charge in [0.05, 0.1) is 11.7 Å². The second-order valence-electron chi connectivity index (χ2n) is 7.56. The van der Waals surface area contributed by atoms with Crippen LogP contribution in [0.1, 0.15) is 34.9 Å². The Kier molecular flexibility index (Phi) is 5.81. The van der Waals surface area contributed by atoms with Crippen molar-refractivity contribution < 1.29 is 4.79 Å². The van der Waals surface area contributed by atoms with Crippen molar-refractivity contribution in [1.29, 1.82) is 0 Å². The number of fused-ring (bicyclic) bond motifs is 1. The lowest BCUT2D eigenvalue weighted by Crippen LogP contribution is -2.35. The Balaban J connectivity index is 1.61. The quantitative estimate of drug-likeness (QED) is 0.423. The van der Waals surface area contributed by atoms with Crippen LogP contribution >= 0.6 is 11.3 Å². The molecule has 0 radical (unpaired) electrons. The number of para-hydroxylation sites is 1. The summed E-state index contributed by atoms with van der Waals surface area (Å²) in [5, 5.41) is 6.26. The molecule has 3 N–H and O–H groups in total. The fourth-order valence-electron chi connectivity index (χ4n) is 3.67. The molecule has 1 amide bonds. The molecule has 0 saturated carbocycles. The molecule has 4 aromatic rings. The number of thiophene rings is 1. The van der Waals surface area contributed by atoms with Crippen LogP contribution in [0.4, 0.5) is 0 Å². The van der Waals surface area contributed by atoms with Gasteiger partial charge in [-0.05, 0) is 36.4 Å². The van der Waals surface area contributed by atoms with Crippen molar-refractivity contribution in [3.05, 3.63) is 86.4 Å². The highest BCUT2D eigenvalue weighted by Gasteiger charge is 2.23. The number of H-pyrrole nitrogens is 2. The van der Waals surface area contributed by atoms with Crippen molar-refractivity contribution in [2.45, 2.75) is 32.7 Å². The van der Waals surface area contributed by atoms with E-state index in [1.54, 1.807) is 18.3 Å². The molecule has 0 spiro atoms. The minimum absolute atomic E-state index is 0.0482. The van der Waals surface area contributed by atoms with E-state index in [-0.39, 0.29) is 17.4 Å². The summed E-state index contributed by atoms with van der Waals surface area (Å²) in [4.78, 5) is 36.7. The maximum atomic E-state index is 13.0. The molecule has 3 heterocycles. The monoisotopic (exact) mass is 420 g/mol. The molecular weight excluding hydrogens is 396 g/mol. The van der Waals surface area contributed by atoms with E-state index in [1.165, 1.54) is 10.9 Å². The lowest BCUT2D eigenvalue weighted by Gasteiger charge is -2.21. The van der Waals surface area contributed by atoms with E-state index in [1.807, 2.05) is 48.8 Å². The predicted octanol–water partition coefficient (Wildman–Crippen LogP) is 3.90. The number of hydrogen-bond acceptors (Lipinski definition) is 4. The van der Waals surface area contributed by atoms with Gasteiger partial charge in [-0.2, -0.15) is 0 Å². The fourth-order valence-corrected chi connectivity index (χ4v) is 4.50. The lowest BCUT2D eigenvalue weighted by molar-refractivity contribution is -0.125. The molecule has 0 bridgehead atoms. The first kappa shape index (κ1) is 20.1. The Labute approximate surface area is 178 Å². The van der Waals surface area contributed by atoms with Gasteiger partial charge in [0, 0.05) is 40.4 Å². The molecule has 2 atom stereocenters. The fraction of sp³-hybridized carbons (Fsp3) is 0.261. The van der Waals surface area contributed by atoms with Crippen molar-refractivity contribution >= 4 is 28.1 Å². The number of nitrogens with one attached hydrogen (secondary N) is 3. The zero-order chi connectivity index (χ0) is 21.1. The Morgan fingerprint density at radius 3 is 2.80 bits per heavy atom. The lowest BCUT2D eigenvalue weighted by atomic mass is 10.00. The number of benzene rings is 1. The van der Waals surface area contributed by atoms with Crippen molar-refractivity contribution in [2.75, 3.05) is 0 Å². The van der Waals surface area contributed by atoms with E-state index in [0.717, 1.165) is 16.5 Å². The third-order valence-electron chi connectivity index (χ3n) is 5.19. The summed E-state index contributed by atoms with van der Waals surface area (Å²) in [6, 6.07) is 13.1. The molecule has 6 nitrogen and oxygen atoms in total. The Hall–Kier alpha value is -3.19. The van der Waals surface area contributed by atoms with Gasteiger partial charge >= 0.3 is 0 Å². The van der Waals surface area contributed by atoms with Gasteiger partial charge in [0.1, 0.15) is 5.82 Å². The Morgan fingerprint density at radius 2 is 2.03 bits per heavy atom. The average Bonchev–Trinajstić information content (AvgIpc) is 3.37. The van der Waals surface area contributed by atoms with Crippen molar-refractivity contribution in [3.63, 3.8) is 0 Å². The van der Waals surface area contributed by atoms with E-state index >= 15 is 0 Å². The third-order valence-corrected chi connectivity index (χ3v) is 6.09. The number of rotatable bonds is 7. The largest absolute Gasteiger partial charge is 0.361 e. The van der Waals surface area contributed by atoms with Gasteiger partial charge < -0.3 is 15.3 Å². The number of aryl methyl sites for hydroxylation is 1. The van der Waals surface area contributed by atoms with Crippen LogP contribution in [0.25, 0.3) is 10.9 Å². The summed E-state index contributed by atoms with van der Waals surface area (Å²) in [6.07, 6.45) is 3.18. The highest BCUT2D eigenvalue weighted by atomic mass is 32.1. The number of aromatic amines is 2. The minimum Gasteiger partial charge on any atom is -0.361 e. The van der Waals surface area contributed by atoms with Crippen LogP contribution in [0.3, 0.4) is 0 Å². The van der Waals surface area contributed by atoms with Gasteiger partial charge in [-0.3, -0.25) is 9.59 Å². The average molecular weight is 421 g/mol. The standard InChI is InChI=1S/C23H24N4O2S/c1-14(10-17-6-5-9-30-17)23(29)27-20(21-12-22(28)26-15(2)25-21)11-16-13-24-19-8-4-3-7-18(16)19/h3-9,12-14,20,24H,10-11H2,1-2H3,(H,27,29)(H,25,26,28)/t14-,20-/m0/s1. The third kappa shape index (κ3) is 4.52. The van der Waals surface area contributed by atoms with Crippen LogP contribution in [0, 0.1) is 12.8 Å². The van der Waals surface area contributed by atoms with Crippen LogP contribution in [0.15, 0.2) is 58.8 Å². The van der Waals surface area contributed by atoms with Crippen LogP contribution in [0.2, 0.25) is 0 Å². The van der Waals surface area contributed by atoms with Gasteiger partial charge in [0.2, 0.25) is 5.91 Å². The minimum atomic E-state index is -0.400. The van der Waals surface area contributed by atoms with Gasteiger partial charge in [0.15, 0.2) is 0 Å². The highest BCUT2D eigenvalue weighted by molar-refractivity contribution is 7.09. The van der Waals surface area contributed by atoms with Crippen molar-refractivity contribution in [3.8, 4) is 0 Å². The second kappa shape index (κ2) is 8.67. The first-order valence-corrected chi connectivity index (χ1v) is 10.8. The SMILES string of the molecule is Cc1nc([C@H](Cc2c[nH]c3ccccc23)NC(=O)[C@@H](C)Cc2cccs2)cc(=O)[nH]1.